The molecule has 1 aromatic carbocycles. The number of carbonyl (C=O) groups is 1. The minimum absolute atomic E-state index is 0.0247. The first kappa shape index (κ1) is 17.6. The number of aromatic nitrogens is 2. The minimum Gasteiger partial charge on any atom is -0.338 e. The Labute approximate surface area is 152 Å². The fourth-order valence-corrected chi connectivity index (χ4v) is 3.20. The lowest BCUT2D eigenvalue weighted by Crippen LogP contribution is -2.51. The van der Waals surface area contributed by atoms with E-state index in [9.17, 15) is 4.79 Å². The summed E-state index contributed by atoms with van der Waals surface area (Å²) < 4.78 is 0. The molecule has 0 saturated carbocycles. The van der Waals surface area contributed by atoms with Gasteiger partial charge in [-0.05, 0) is 24.6 Å². The van der Waals surface area contributed by atoms with E-state index in [-0.39, 0.29) is 11.9 Å². The standard InChI is InChI=1S/C18H22ClN5O/c1-14(15-5-2-3-6-16(15)19)22-13-17(25)23-9-11-24(12-10-23)18-20-7-4-8-21-18/h2-8,14,22H,9-13H2,1H3/t14-/m0/s1. The van der Waals surface area contributed by atoms with Crippen LogP contribution < -0.4 is 10.2 Å². The largest absolute Gasteiger partial charge is 0.338 e. The summed E-state index contributed by atoms with van der Waals surface area (Å²) >= 11 is 6.20. The van der Waals surface area contributed by atoms with E-state index in [1.807, 2.05) is 36.1 Å². The molecule has 0 bridgehead atoms. The first-order chi connectivity index (χ1) is 12.1. The smallest absolute Gasteiger partial charge is 0.236 e. The van der Waals surface area contributed by atoms with Crippen LogP contribution in [-0.4, -0.2) is 53.5 Å². The summed E-state index contributed by atoms with van der Waals surface area (Å²) in [6, 6.07) is 9.52. The average molecular weight is 360 g/mol. The van der Waals surface area contributed by atoms with Crippen molar-refractivity contribution in [3.8, 4) is 0 Å². The van der Waals surface area contributed by atoms with Gasteiger partial charge in [0.15, 0.2) is 0 Å². The second-order valence-corrected chi connectivity index (χ2v) is 6.45. The lowest BCUT2D eigenvalue weighted by atomic mass is 10.1. The molecule has 0 radical (unpaired) electrons. The summed E-state index contributed by atoms with van der Waals surface area (Å²) in [6.45, 7) is 5.16. The maximum absolute atomic E-state index is 12.4. The number of carbonyl (C=O) groups excluding carboxylic acids is 1. The van der Waals surface area contributed by atoms with E-state index in [2.05, 4.69) is 20.2 Å². The molecule has 2 aromatic rings. The molecule has 1 amide bonds. The SMILES string of the molecule is C[C@H](NCC(=O)N1CCN(c2ncccn2)CC1)c1ccccc1Cl. The Morgan fingerprint density at radius 2 is 1.84 bits per heavy atom. The Kier molecular flexibility index (Phi) is 5.83. The van der Waals surface area contributed by atoms with Crippen molar-refractivity contribution >= 4 is 23.5 Å². The van der Waals surface area contributed by atoms with Crippen molar-refractivity contribution in [3.63, 3.8) is 0 Å². The number of halogens is 1. The highest BCUT2D eigenvalue weighted by Gasteiger charge is 2.22. The molecule has 1 atom stereocenters. The van der Waals surface area contributed by atoms with Crippen LogP contribution in [0, 0.1) is 0 Å². The molecule has 1 aromatic heterocycles. The zero-order chi connectivity index (χ0) is 17.6. The molecule has 1 aliphatic heterocycles. The summed E-state index contributed by atoms with van der Waals surface area (Å²) in [5.74, 6) is 0.826. The van der Waals surface area contributed by atoms with Gasteiger partial charge in [-0.3, -0.25) is 4.79 Å². The van der Waals surface area contributed by atoms with E-state index in [4.69, 9.17) is 11.6 Å². The van der Waals surface area contributed by atoms with Crippen LogP contribution in [0.5, 0.6) is 0 Å². The number of piperazine rings is 1. The number of hydrogen-bond donors (Lipinski definition) is 1. The van der Waals surface area contributed by atoms with E-state index in [1.165, 1.54) is 0 Å². The second-order valence-electron chi connectivity index (χ2n) is 6.04. The van der Waals surface area contributed by atoms with E-state index >= 15 is 0 Å². The second kappa shape index (κ2) is 8.27. The van der Waals surface area contributed by atoms with Gasteiger partial charge in [0, 0.05) is 49.6 Å². The normalized spacial score (nSPS) is 15.9. The maximum atomic E-state index is 12.4. The van der Waals surface area contributed by atoms with Gasteiger partial charge in [0.1, 0.15) is 0 Å². The molecular formula is C18H22ClN5O. The van der Waals surface area contributed by atoms with Gasteiger partial charge in [0.25, 0.3) is 0 Å². The Morgan fingerprint density at radius 1 is 1.16 bits per heavy atom. The van der Waals surface area contributed by atoms with Crippen molar-refractivity contribution in [2.45, 2.75) is 13.0 Å². The molecule has 1 saturated heterocycles. The summed E-state index contributed by atoms with van der Waals surface area (Å²) in [6.07, 6.45) is 3.47. The topological polar surface area (TPSA) is 61.4 Å². The third-order valence-corrected chi connectivity index (χ3v) is 4.74. The first-order valence-corrected chi connectivity index (χ1v) is 8.80. The van der Waals surface area contributed by atoms with Crippen LogP contribution in [0.2, 0.25) is 5.02 Å². The van der Waals surface area contributed by atoms with Gasteiger partial charge in [0.2, 0.25) is 11.9 Å². The highest BCUT2D eigenvalue weighted by molar-refractivity contribution is 6.31. The fraction of sp³-hybridized carbons (Fsp3) is 0.389. The van der Waals surface area contributed by atoms with Gasteiger partial charge in [-0.2, -0.15) is 0 Å². The van der Waals surface area contributed by atoms with E-state index in [0.29, 0.717) is 24.7 Å². The van der Waals surface area contributed by atoms with E-state index in [1.54, 1.807) is 18.5 Å². The molecule has 132 valence electrons. The fourth-order valence-electron chi connectivity index (χ4n) is 2.90. The number of benzene rings is 1. The van der Waals surface area contributed by atoms with Crippen molar-refractivity contribution in [2.24, 2.45) is 0 Å². The summed E-state index contributed by atoms with van der Waals surface area (Å²) in [4.78, 5) is 24.9. The Bertz CT molecular complexity index is 704. The highest BCUT2D eigenvalue weighted by Crippen LogP contribution is 2.21. The summed E-state index contributed by atoms with van der Waals surface area (Å²) in [7, 11) is 0. The molecule has 6 nitrogen and oxygen atoms in total. The van der Waals surface area contributed by atoms with Gasteiger partial charge in [0.05, 0.1) is 6.54 Å². The van der Waals surface area contributed by atoms with Crippen LogP contribution in [-0.2, 0) is 4.79 Å². The molecule has 1 aliphatic rings. The number of nitrogens with zero attached hydrogens (tertiary/aromatic N) is 4. The van der Waals surface area contributed by atoms with Crippen LogP contribution in [0.4, 0.5) is 5.95 Å². The van der Waals surface area contributed by atoms with E-state index in [0.717, 1.165) is 24.6 Å². The van der Waals surface area contributed by atoms with Gasteiger partial charge in [-0.1, -0.05) is 29.8 Å². The third kappa shape index (κ3) is 4.46. The lowest BCUT2D eigenvalue weighted by molar-refractivity contribution is -0.130. The zero-order valence-electron chi connectivity index (χ0n) is 14.2. The molecule has 25 heavy (non-hydrogen) atoms. The van der Waals surface area contributed by atoms with Crippen molar-refractivity contribution in [3.05, 3.63) is 53.3 Å². The van der Waals surface area contributed by atoms with Crippen LogP contribution >= 0.6 is 11.6 Å². The summed E-state index contributed by atoms with van der Waals surface area (Å²) in [5.41, 5.74) is 1.00. The number of nitrogens with one attached hydrogen (secondary N) is 1. The van der Waals surface area contributed by atoms with Crippen molar-refractivity contribution in [2.75, 3.05) is 37.6 Å². The van der Waals surface area contributed by atoms with Crippen LogP contribution in [0.1, 0.15) is 18.5 Å². The van der Waals surface area contributed by atoms with Gasteiger partial charge < -0.3 is 15.1 Å². The number of amides is 1. The monoisotopic (exact) mass is 359 g/mol. The Morgan fingerprint density at radius 3 is 2.52 bits per heavy atom. The van der Waals surface area contributed by atoms with Crippen molar-refractivity contribution in [1.29, 1.82) is 0 Å². The van der Waals surface area contributed by atoms with Crippen LogP contribution in [0.3, 0.4) is 0 Å². The molecule has 0 unspecified atom stereocenters. The van der Waals surface area contributed by atoms with Crippen LogP contribution in [0.25, 0.3) is 0 Å². The van der Waals surface area contributed by atoms with Gasteiger partial charge in [-0.15, -0.1) is 0 Å². The Hall–Kier alpha value is -2.18. The van der Waals surface area contributed by atoms with E-state index < -0.39 is 0 Å². The molecule has 0 aliphatic carbocycles. The Balaban J connectivity index is 1.47. The lowest BCUT2D eigenvalue weighted by Gasteiger charge is -2.35. The van der Waals surface area contributed by atoms with Crippen molar-refractivity contribution < 1.29 is 4.79 Å². The molecule has 3 rings (SSSR count). The highest BCUT2D eigenvalue weighted by atomic mass is 35.5. The number of hydrogen-bond acceptors (Lipinski definition) is 5. The molecule has 1 N–H and O–H groups in total. The number of rotatable bonds is 5. The summed E-state index contributed by atoms with van der Waals surface area (Å²) in [5, 5.41) is 3.98. The van der Waals surface area contributed by atoms with Crippen molar-refractivity contribution in [1.82, 2.24) is 20.2 Å². The third-order valence-electron chi connectivity index (χ3n) is 4.40. The van der Waals surface area contributed by atoms with Gasteiger partial charge >= 0.3 is 0 Å². The zero-order valence-corrected chi connectivity index (χ0v) is 15.0. The first-order valence-electron chi connectivity index (χ1n) is 8.42. The molecule has 2 heterocycles. The molecule has 7 heteroatoms. The van der Waals surface area contributed by atoms with Gasteiger partial charge in [-0.25, -0.2) is 9.97 Å². The predicted molar refractivity (Wildman–Crippen MR) is 98.7 cm³/mol. The molecule has 0 spiro atoms. The quantitative estimate of drug-likeness (QED) is 0.886. The average Bonchev–Trinajstić information content (AvgIpc) is 2.67. The minimum atomic E-state index is 0.0247. The maximum Gasteiger partial charge on any atom is 0.236 e. The van der Waals surface area contributed by atoms with Crippen LogP contribution in [0.15, 0.2) is 42.7 Å². The molecular weight excluding hydrogens is 338 g/mol. The number of anilines is 1. The predicted octanol–water partition coefficient (Wildman–Crippen LogP) is 2.13. The molecule has 1 fully saturated rings.